The van der Waals surface area contributed by atoms with Crippen LogP contribution < -0.4 is 10.1 Å². The van der Waals surface area contributed by atoms with Gasteiger partial charge in [-0.1, -0.05) is 12.1 Å². The van der Waals surface area contributed by atoms with Crippen LogP contribution in [0.5, 0.6) is 5.75 Å². The van der Waals surface area contributed by atoms with Gasteiger partial charge in [-0.15, -0.1) is 0 Å². The minimum atomic E-state index is -4.29. The van der Waals surface area contributed by atoms with Crippen molar-refractivity contribution in [1.29, 1.82) is 0 Å². The molecular weight excluding hydrogens is 361 g/mol. The number of rotatable bonds is 8. The van der Waals surface area contributed by atoms with Crippen molar-refractivity contribution in [2.75, 3.05) is 20.7 Å². The van der Waals surface area contributed by atoms with Crippen molar-refractivity contribution >= 4 is 5.91 Å². The van der Waals surface area contributed by atoms with Crippen LogP contribution in [0.4, 0.5) is 13.2 Å². The third kappa shape index (κ3) is 6.28. The van der Waals surface area contributed by atoms with Crippen molar-refractivity contribution in [2.45, 2.75) is 25.2 Å². The minimum absolute atomic E-state index is 0.249. The molecule has 0 aliphatic rings. The molecule has 2 aromatic rings. The quantitative estimate of drug-likeness (QED) is 0.760. The molecule has 9 heteroatoms. The van der Waals surface area contributed by atoms with E-state index in [4.69, 9.17) is 4.74 Å². The molecule has 6 nitrogen and oxygen atoms in total. The zero-order valence-electron chi connectivity index (χ0n) is 15.5. The van der Waals surface area contributed by atoms with E-state index in [9.17, 15) is 18.0 Å². The van der Waals surface area contributed by atoms with Gasteiger partial charge in [-0.3, -0.25) is 9.69 Å². The second-order valence-corrected chi connectivity index (χ2v) is 6.28. The summed E-state index contributed by atoms with van der Waals surface area (Å²) in [6.45, 7) is -0.0556. The summed E-state index contributed by atoms with van der Waals surface area (Å²) in [4.78, 5) is 18.2. The summed E-state index contributed by atoms with van der Waals surface area (Å²) in [7, 11) is 4.78. The standard InChI is InChI=1S/C18H23F3N4O2/c1-24-11-15(23-12-24)16(25(2)9-8-18(19,20)21)17(26)22-10-13-4-6-14(27-3)7-5-13/h4-7,11-12,16H,8-10H2,1-3H3,(H,22,26). The summed E-state index contributed by atoms with van der Waals surface area (Å²) in [6.07, 6.45) is -2.15. The molecule has 0 spiro atoms. The molecule has 148 valence electrons. The van der Waals surface area contributed by atoms with E-state index in [1.807, 2.05) is 12.1 Å². The van der Waals surface area contributed by atoms with Gasteiger partial charge in [0.15, 0.2) is 0 Å². The van der Waals surface area contributed by atoms with E-state index < -0.39 is 24.5 Å². The molecule has 1 aromatic carbocycles. The van der Waals surface area contributed by atoms with Gasteiger partial charge in [-0.05, 0) is 24.7 Å². The lowest BCUT2D eigenvalue weighted by Crippen LogP contribution is -2.40. The summed E-state index contributed by atoms with van der Waals surface area (Å²) in [5.74, 6) is 0.289. The molecular formula is C18H23F3N4O2. The normalized spacial score (nSPS) is 12.9. The molecule has 27 heavy (non-hydrogen) atoms. The van der Waals surface area contributed by atoms with Gasteiger partial charge in [-0.25, -0.2) is 4.98 Å². The average molecular weight is 384 g/mol. The van der Waals surface area contributed by atoms with E-state index in [1.54, 1.807) is 37.1 Å². The summed E-state index contributed by atoms with van der Waals surface area (Å²) in [5.41, 5.74) is 1.25. The van der Waals surface area contributed by atoms with E-state index in [-0.39, 0.29) is 13.1 Å². The first kappa shape index (κ1) is 20.8. The lowest BCUT2D eigenvalue weighted by atomic mass is 10.1. The average Bonchev–Trinajstić information content (AvgIpc) is 3.04. The van der Waals surface area contributed by atoms with Crippen molar-refractivity contribution in [3.05, 3.63) is 48.0 Å². The van der Waals surface area contributed by atoms with Crippen molar-refractivity contribution in [3.63, 3.8) is 0 Å². The van der Waals surface area contributed by atoms with Crippen molar-refractivity contribution in [1.82, 2.24) is 19.8 Å². The van der Waals surface area contributed by atoms with Gasteiger partial charge in [-0.2, -0.15) is 13.2 Å². The Labute approximate surface area is 155 Å². The zero-order chi connectivity index (χ0) is 20.0. The molecule has 1 N–H and O–H groups in total. The monoisotopic (exact) mass is 384 g/mol. The number of imidazole rings is 1. The number of likely N-dealkylation sites (N-methyl/N-ethyl adjacent to an activating group) is 1. The molecule has 1 aromatic heterocycles. The number of aryl methyl sites for hydroxylation is 1. The summed E-state index contributed by atoms with van der Waals surface area (Å²) in [6, 6.07) is 6.25. The smallest absolute Gasteiger partial charge is 0.390 e. The van der Waals surface area contributed by atoms with Crippen LogP contribution in [-0.4, -0.2) is 47.2 Å². The molecule has 0 bridgehead atoms. The van der Waals surface area contributed by atoms with Gasteiger partial charge in [0.2, 0.25) is 5.91 Å². The highest BCUT2D eigenvalue weighted by atomic mass is 19.4. The highest BCUT2D eigenvalue weighted by Gasteiger charge is 2.32. The Morgan fingerprint density at radius 2 is 2.00 bits per heavy atom. The number of nitrogens with one attached hydrogen (secondary N) is 1. The Kier molecular flexibility index (Phi) is 6.84. The SMILES string of the molecule is COc1ccc(CNC(=O)C(c2cn(C)cn2)N(C)CCC(F)(F)F)cc1. The number of halogens is 3. The highest BCUT2D eigenvalue weighted by Crippen LogP contribution is 2.24. The van der Waals surface area contributed by atoms with Crippen LogP contribution >= 0.6 is 0 Å². The third-order valence-electron chi connectivity index (χ3n) is 4.07. The number of benzene rings is 1. The maximum atomic E-state index is 12.7. The van der Waals surface area contributed by atoms with Crippen LogP contribution in [0.1, 0.15) is 23.7 Å². The Hall–Kier alpha value is -2.55. The largest absolute Gasteiger partial charge is 0.497 e. The first-order valence-corrected chi connectivity index (χ1v) is 8.35. The molecule has 0 saturated heterocycles. The van der Waals surface area contributed by atoms with Crippen LogP contribution in [0, 0.1) is 0 Å². The van der Waals surface area contributed by atoms with Crippen LogP contribution in [-0.2, 0) is 18.4 Å². The second kappa shape index (κ2) is 8.90. The number of alkyl halides is 3. The topological polar surface area (TPSA) is 59.4 Å². The number of amides is 1. The summed E-state index contributed by atoms with van der Waals surface area (Å²) >= 11 is 0. The number of carbonyl (C=O) groups excluding carboxylic acids is 1. The van der Waals surface area contributed by atoms with E-state index in [0.717, 1.165) is 5.56 Å². The van der Waals surface area contributed by atoms with Crippen LogP contribution in [0.2, 0.25) is 0 Å². The maximum Gasteiger partial charge on any atom is 0.390 e. The lowest BCUT2D eigenvalue weighted by molar-refractivity contribution is -0.142. The Balaban J connectivity index is 2.08. The fraction of sp³-hybridized carbons (Fsp3) is 0.444. The summed E-state index contributed by atoms with van der Waals surface area (Å²) in [5, 5.41) is 2.77. The first-order chi connectivity index (χ1) is 12.7. The number of ether oxygens (including phenoxy) is 1. The Bertz CT molecular complexity index is 744. The first-order valence-electron chi connectivity index (χ1n) is 8.35. The Morgan fingerprint density at radius 3 is 2.52 bits per heavy atom. The molecule has 0 radical (unpaired) electrons. The molecule has 0 saturated carbocycles. The van der Waals surface area contributed by atoms with Crippen molar-refractivity contribution in [2.24, 2.45) is 7.05 Å². The molecule has 2 rings (SSSR count). The summed E-state index contributed by atoms with van der Waals surface area (Å²) < 4.78 is 44.4. The molecule has 1 atom stereocenters. The fourth-order valence-electron chi connectivity index (χ4n) is 2.60. The van der Waals surface area contributed by atoms with Crippen LogP contribution in [0.25, 0.3) is 0 Å². The molecule has 1 heterocycles. The molecule has 1 amide bonds. The molecule has 0 aliphatic carbocycles. The van der Waals surface area contributed by atoms with Gasteiger partial charge >= 0.3 is 6.18 Å². The molecule has 0 fully saturated rings. The number of nitrogens with zero attached hydrogens (tertiary/aromatic N) is 3. The Morgan fingerprint density at radius 1 is 1.33 bits per heavy atom. The predicted octanol–water partition coefficient (Wildman–Crippen LogP) is 2.67. The van der Waals surface area contributed by atoms with E-state index >= 15 is 0 Å². The van der Waals surface area contributed by atoms with Gasteiger partial charge in [0.1, 0.15) is 11.8 Å². The van der Waals surface area contributed by atoms with Gasteiger partial charge in [0, 0.05) is 26.3 Å². The second-order valence-electron chi connectivity index (χ2n) is 6.28. The number of hydrogen-bond donors (Lipinski definition) is 1. The number of hydrogen-bond acceptors (Lipinski definition) is 4. The van der Waals surface area contributed by atoms with Crippen molar-refractivity contribution in [3.8, 4) is 5.75 Å². The number of methoxy groups -OCH3 is 1. The highest BCUT2D eigenvalue weighted by molar-refractivity contribution is 5.82. The van der Waals surface area contributed by atoms with Gasteiger partial charge < -0.3 is 14.6 Å². The maximum absolute atomic E-state index is 12.7. The minimum Gasteiger partial charge on any atom is -0.497 e. The van der Waals surface area contributed by atoms with E-state index in [2.05, 4.69) is 10.3 Å². The number of aromatic nitrogens is 2. The third-order valence-corrected chi connectivity index (χ3v) is 4.07. The molecule has 1 unspecified atom stereocenters. The van der Waals surface area contributed by atoms with Crippen LogP contribution in [0.3, 0.4) is 0 Å². The van der Waals surface area contributed by atoms with E-state index in [1.165, 1.54) is 18.3 Å². The van der Waals surface area contributed by atoms with Gasteiger partial charge in [0.05, 0.1) is 25.6 Å². The zero-order valence-corrected chi connectivity index (χ0v) is 15.5. The van der Waals surface area contributed by atoms with Crippen LogP contribution in [0.15, 0.2) is 36.8 Å². The van der Waals surface area contributed by atoms with E-state index in [0.29, 0.717) is 11.4 Å². The van der Waals surface area contributed by atoms with Gasteiger partial charge in [0.25, 0.3) is 0 Å². The number of carbonyl (C=O) groups is 1. The predicted molar refractivity (Wildman–Crippen MR) is 94.1 cm³/mol. The fourth-order valence-corrected chi connectivity index (χ4v) is 2.60. The molecule has 0 aliphatic heterocycles. The van der Waals surface area contributed by atoms with Crippen molar-refractivity contribution < 1.29 is 22.7 Å². The lowest BCUT2D eigenvalue weighted by Gasteiger charge is -2.26.